The molecule has 0 spiro atoms. The molecule has 1 aromatic heterocycles. The van der Waals surface area contributed by atoms with Crippen LogP contribution in [0.4, 0.5) is 5.13 Å². The van der Waals surface area contributed by atoms with Crippen LogP contribution in [0.25, 0.3) is 11.6 Å². The second-order valence-electron chi connectivity index (χ2n) is 4.42. The minimum absolute atomic E-state index is 0.475. The lowest BCUT2D eigenvalue weighted by molar-refractivity contribution is 1.08. The van der Waals surface area contributed by atoms with Crippen molar-refractivity contribution in [2.75, 3.05) is 5.73 Å². The maximum Gasteiger partial charge on any atom is 0.203 e. The van der Waals surface area contributed by atoms with Gasteiger partial charge >= 0.3 is 0 Å². The van der Waals surface area contributed by atoms with E-state index < -0.39 is 0 Å². The van der Waals surface area contributed by atoms with Crippen molar-refractivity contribution in [1.29, 1.82) is 0 Å². The first-order valence-corrected chi connectivity index (χ1v) is 7.95. The van der Waals surface area contributed by atoms with Crippen LogP contribution in [0.5, 0.6) is 0 Å². The van der Waals surface area contributed by atoms with E-state index >= 15 is 0 Å². The Hall–Kier alpha value is -1.98. The standard InChI is InChI=1S/C16H12BrN3S/c17-13-8-6-11(7-9-13)10-14(12-4-2-1-3-5-12)15-19-20-16(18)21-15/h1-10H,(H2,18,20)/b14-10+. The highest BCUT2D eigenvalue weighted by Crippen LogP contribution is 2.29. The summed E-state index contributed by atoms with van der Waals surface area (Å²) in [4.78, 5) is 0. The van der Waals surface area contributed by atoms with Crippen molar-refractivity contribution >= 4 is 44.0 Å². The van der Waals surface area contributed by atoms with Crippen LogP contribution in [0.15, 0.2) is 59.1 Å². The molecule has 0 saturated carbocycles. The Morgan fingerprint density at radius 1 is 1.00 bits per heavy atom. The molecule has 2 aromatic carbocycles. The lowest BCUT2D eigenvalue weighted by Crippen LogP contribution is -1.88. The van der Waals surface area contributed by atoms with Gasteiger partial charge in [-0.15, -0.1) is 10.2 Å². The molecule has 3 nitrogen and oxygen atoms in total. The van der Waals surface area contributed by atoms with E-state index in [1.807, 2.05) is 30.3 Å². The molecule has 0 bridgehead atoms. The smallest absolute Gasteiger partial charge is 0.203 e. The molecular weight excluding hydrogens is 346 g/mol. The summed E-state index contributed by atoms with van der Waals surface area (Å²) >= 11 is 4.84. The highest BCUT2D eigenvalue weighted by Gasteiger charge is 2.10. The SMILES string of the molecule is Nc1nnc(/C(=C/c2ccc(Br)cc2)c2ccccc2)s1. The van der Waals surface area contributed by atoms with Gasteiger partial charge < -0.3 is 5.73 Å². The molecule has 3 rings (SSSR count). The molecule has 21 heavy (non-hydrogen) atoms. The molecule has 0 amide bonds. The van der Waals surface area contributed by atoms with Crippen LogP contribution >= 0.6 is 27.3 Å². The molecule has 104 valence electrons. The monoisotopic (exact) mass is 357 g/mol. The Labute approximate surface area is 135 Å². The molecule has 0 aliphatic carbocycles. The number of nitrogens with zero attached hydrogens (tertiary/aromatic N) is 2. The van der Waals surface area contributed by atoms with E-state index in [-0.39, 0.29) is 0 Å². The summed E-state index contributed by atoms with van der Waals surface area (Å²) in [6.45, 7) is 0. The first-order valence-electron chi connectivity index (χ1n) is 6.34. The summed E-state index contributed by atoms with van der Waals surface area (Å²) in [5.74, 6) is 0. The van der Waals surface area contributed by atoms with E-state index in [2.05, 4.69) is 56.5 Å². The van der Waals surface area contributed by atoms with Crippen molar-refractivity contribution in [1.82, 2.24) is 10.2 Å². The van der Waals surface area contributed by atoms with Crippen LogP contribution in [0, 0.1) is 0 Å². The molecule has 0 radical (unpaired) electrons. The van der Waals surface area contributed by atoms with Crippen LogP contribution in [0.2, 0.25) is 0 Å². The third kappa shape index (κ3) is 3.37. The largest absolute Gasteiger partial charge is 0.374 e. The number of hydrogen-bond donors (Lipinski definition) is 1. The van der Waals surface area contributed by atoms with Crippen molar-refractivity contribution in [3.8, 4) is 0 Å². The van der Waals surface area contributed by atoms with E-state index in [0.717, 1.165) is 26.2 Å². The quantitative estimate of drug-likeness (QED) is 0.703. The molecule has 5 heteroatoms. The highest BCUT2D eigenvalue weighted by atomic mass is 79.9. The summed E-state index contributed by atoms with van der Waals surface area (Å²) in [6, 6.07) is 18.3. The molecule has 0 aliphatic heterocycles. The van der Waals surface area contributed by atoms with Gasteiger partial charge in [0.25, 0.3) is 0 Å². The zero-order chi connectivity index (χ0) is 14.7. The fraction of sp³-hybridized carbons (Fsp3) is 0. The second-order valence-corrected chi connectivity index (χ2v) is 6.35. The van der Waals surface area contributed by atoms with Crippen molar-refractivity contribution in [2.24, 2.45) is 0 Å². The van der Waals surface area contributed by atoms with Gasteiger partial charge in [0.2, 0.25) is 5.13 Å². The van der Waals surface area contributed by atoms with E-state index in [1.54, 1.807) is 0 Å². The number of hydrogen-bond acceptors (Lipinski definition) is 4. The average molecular weight is 358 g/mol. The molecule has 1 heterocycles. The summed E-state index contributed by atoms with van der Waals surface area (Å²) in [7, 11) is 0. The average Bonchev–Trinajstić information content (AvgIpc) is 2.94. The Balaban J connectivity index is 2.10. The van der Waals surface area contributed by atoms with Crippen molar-refractivity contribution < 1.29 is 0 Å². The molecule has 2 N–H and O–H groups in total. The van der Waals surface area contributed by atoms with Gasteiger partial charge in [-0.3, -0.25) is 0 Å². The van der Waals surface area contributed by atoms with Gasteiger partial charge in [-0.25, -0.2) is 0 Å². The molecule has 0 fully saturated rings. The number of nitrogen functional groups attached to an aromatic ring is 1. The number of halogens is 1. The molecule has 0 aliphatic rings. The number of rotatable bonds is 3. The molecular formula is C16H12BrN3S. The van der Waals surface area contributed by atoms with Gasteiger partial charge in [0, 0.05) is 10.0 Å². The van der Waals surface area contributed by atoms with Crippen molar-refractivity contribution in [3.05, 3.63) is 75.2 Å². The van der Waals surface area contributed by atoms with Gasteiger partial charge in [-0.05, 0) is 29.3 Å². The maximum atomic E-state index is 5.72. The van der Waals surface area contributed by atoms with Gasteiger partial charge in [-0.1, -0.05) is 69.7 Å². The zero-order valence-electron chi connectivity index (χ0n) is 11.0. The second kappa shape index (κ2) is 6.20. The van der Waals surface area contributed by atoms with E-state index in [0.29, 0.717) is 5.13 Å². The van der Waals surface area contributed by atoms with Crippen LogP contribution < -0.4 is 5.73 Å². The highest BCUT2D eigenvalue weighted by molar-refractivity contribution is 9.10. The fourth-order valence-electron chi connectivity index (χ4n) is 1.96. The number of nitrogens with two attached hydrogens (primary N) is 1. The van der Waals surface area contributed by atoms with E-state index in [4.69, 9.17) is 5.73 Å². The van der Waals surface area contributed by atoms with Gasteiger partial charge in [0.15, 0.2) is 0 Å². The molecule has 0 atom stereocenters. The predicted molar refractivity (Wildman–Crippen MR) is 91.9 cm³/mol. The Kier molecular flexibility index (Phi) is 4.13. The van der Waals surface area contributed by atoms with Gasteiger partial charge in [-0.2, -0.15) is 0 Å². The summed E-state index contributed by atoms with van der Waals surface area (Å²) in [5, 5.41) is 9.38. The van der Waals surface area contributed by atoms with Gasteiger partial charge in [0.05, 0.1) is 0 Å². The molecule has 0 unspecified atom stereocenters. The minimum Gasteiger partial charge on any atom is -0.374 e. The van der Waals surface area contributed by atoms with Crippen molar-refractivity contribution in [3.63, 3.8) is 0 Å². The predicted octanol–water partition coefficient (Wildman–Crippen LogP) is 4.47. The zero-order valence-corrected chi connectivity index (χ0v) is 13.4. The summed E-state index contributed by atoms with van der Waals surface area (Å²) in [6.07, 6.45) is 2.10. The summed E-state index contributed by atoms with van der Waals surface area (Å²) in [5.41, 5.74) is 8.94. The topological polar surface area (TPSA) is 51.8 Å². The third-order valence-corrected chi connectivity index (χ3v) is 4.25. The van der Waals surface area contributed by atoms with Crippen LogP contribution in [0.3, 0.4) is 0 Å². The van der Waals surface area contributed by atoms with Crippen molar-refractivity contribution in [2.45, 2.75) is 0 Å². The molecule has 0 saturated heterocycles. The normalized spacial score (nSPS) is 11.6. The first-order chi connectivity index (χ1) is 10.2. The lowest BCUT2D eigenvalue weighted by Gasteiger charge is -2.04. The lowest BCUT2D eigenvalue weighted by atomic mass is 10.0. The summed E-state index contributed by atoms with van der Waals surface area (Å²) < 4.78 is 1.06. The van der Waals surface area contributed by atoms with E-state index in [1.165, 1.54) is 11.3 Å². The van der Waals surface area contributed by atoms with E-state index in [9.17, 15) is 0 Å². The maximum absolute atomic E-state index is 5.72. The van der Waals surface area contributed by atoms with Crippen LogP contribution in [0.1, 0.15) is 16.1 Å². The molecule has 3 aromatic rings. The number of benzene rings is 2. The number of aromatic nitrogens is 2. The first kappa shape index (κ1) is 14.0. The fourth-order valence-corrected chi connectivity index (χ4v) is 2.87. The van der Waals surface area contributed by atoms with Crippen LogP contribution in [-0.4, -0.2) is 10.2 Å². The number of anilines is 1. The Morgan fingerprint density at radius 2 is 1.71 bits per heavy atom. The Bertz CT molecular complexity index is 764. The van der Waals surface area contributed by atoms with Gasteiger partial charge in [0.1, 0.15) is 5.01 Å². The van der Waals surface area contributed by atoms with Crippen LogP contribution in [-0.2, 0) is 0 Å². The minimum atomic E-state index is 0.475. The third-order valence-electron chi connectivity index (χ3n) is 2.94. The Morgan fingerprint density at radius 3 is 2.33 bits per heavy atom.